The molecule has 0 unspecified atom stereocenters. The van der Waals surface area contributed by atoms with Crippen molar-refractivity contribution in [3.8, 4) is 0 Å². The molecule has 0 saturated heterocycles. The van der Waals surface area contributed by atoms with E-state index in [4.69, 9.17) is 0 Å². The lowest BCUT2D eigenvalue weighted by atomic mass is 10.0. The molecule has 2 aromatic carbocycles. The van der Waals surface area contributed by atoms with Crippen LogP contribution in [0.3, 0.4) is 0 Å². The van der Waals surface area contributed by atoms with Crippen LogP contribution < -0.4 is 0 Å². The summed E-state index contributed by atoms with van der Waals surface area (Å²) in [4.78, 5) is 4.69. The van der Waals surface area contributed by atoms with Gasteiger partial charge >= 0.3 is 0 Å². The Bertz CT molecular complexity index is 614. The molecular weight excluding hydrogens is 316 g/mol. The Labute approximate surface area is 159 Å². The summed E-state index contributed by atoms with van der Waals surface area (Å²) in [6.45, 7) is 12.5. The fourth-order valence-corrected chi connectivity index (χ4v) is 2.95. The molecule has 26 heavy (non-hydrogen) atoms. The SMILES string of the molecule is C=C(CCN(C)Cc1ccccc1)C(=C)CCN(C)Cc1ccccc1. The first kappa shape index (κ1) is 20.2. The van der Waals surface area contributed by atoms with Crippen molar-refractivity contribution in [2.24, 2.45) is 0 Å². The maximum atomic E-state index is 4.25. The van der Waals surface area contributed by atoms with Gasteiger partial charge in [-0.2, -0.15) is 0 Å². The lowest BCUT2D eigenvalue weighted by molar-refractivity contribution is 0.326. The number of hydrogen-bond acceptors (Lipinski definition) is 2. The van der Waals surface area contributed by atoms with Crippen LogP contribution in [0.1, 0.15) is 24.0 Å². The standard InChI is InChI=1S/C24H32N2/c1-21(15-17-25(3)19-23-11-7-5-8-12-23)22(2)16-18-26(4)20-24-13-9-6-10-14-24/h5-14H,1-2,15-20H2,3-4H3. The van der Waals surface area contributed by atoms with Crippen molar-refractivity contribution in [2.75, 3.05) is 27.2 Å². The van der Waals surface area contributed by atoms with Crippen molar-refractivity contribution in [1.82, 2.24) is 9.80 Å². The molecule has 0 bridgehead atoms. The summed E-state index contributed by atoms with van der Waals surface area (Å²) in [5.74, 6) is 0. The van der Waals surface area contributed by atoms with Gasteiger partial charge in [0.15, 0.2) is 0 Å². The van der Waals surface area contributed by atoms with Crippen molar-refractivity contribution >= 4 is 0 Å². The summed E-state index contributed by atoms with van der Waals surface area (Å²) in [6, 6.07) is 21.2. The first-order valence-electron chi connectivity index (χ1n) is 9.35. The van der Waals surface area contributed by atoms with Gasteiger partial charge in [-0.05, 0) is 38.1 Å². The molecule has 138 valence electrons. The van der Waals surface area contributed by atoms with E-state index in [1.807, 2.05) is 0 Å². The molecule has 0 atom stereocenters. The Morgan fingerprint density at radius 1 is 0.654 bits per heavy atom. The van der Waals surface area contributed by atoms with E-state index in [0.717, 1.165) is 39.0 Å². The van der Waals surface area contributed by atoms with E-state index < -0.39 is 0 Å². The molecule has 0 spiro atoms. The number of benzene rings is 2. The zero-order valence-corrected chi connectivity index (χ0v) is 16.3. The maximum absolute atomic E-state index is 4.25. The van der Waals surface area contributed by atoms with E-state index in [9.17, 15) is 0 Å². The molecule has 2 aromatic rings. The van der Waals surface area contributed by atoms with E-state index in [1.54, 1.807) is 0 Å². The van der Waals surface area contributed by atoms with Gasteiger partial charge < -0.3 is 9.80 Å². The predicted octanol–water partition coefficient (Wildman–Crippen LogP) is 5.14. The normalized spacial score (nSPS) is 11.1. The zero-order valence-electron chi connectivity index (χ0n) is 16.3. The Morgan fingerprint density at radius 3 is 1.35 bits per heavy atom. The second kappa shape index (κ2) is 10.7. The fourth-order valence-electron chi connectivity index (χ4n) is 2.95. The van der Waals surface area contributed by atoms with Crippen LogP contribution in [0.25, 0.3) is 0 Å². The van der Waals surface area contributed by atoms with E-state index in [-0.39, 0.29) is 0 Å². The lowest BCUT2D eigenvalue weighted by Crippen LogP contribution is -2.21. The molecule has 0 aliphatic heterocycles. The van der Waals surface area contributed by atoms with E-state index in [1.165, 1.54) is 22.3 Å². The minimum absolute atomic E-state index is 0.973. The van der Waals surface area contributed by atoms with Crippen molar-refractivity contribution in [1.29, 1.82) is 0 Å². The third-order valence-electron chi connectivity index (χ3n) is 4.68. The van der Waals surface area contributed by atoms with Crippen LogP contribution in [-0.2, 0) is 13.1 Å². The molecule has 2 heteroatoms. The predicted molar refractivity (Wildman–Crippen MR) is 113 cm³/mol. The van der Waals surface area contributed by atoms with Gasteiger partial charge in [0.2, 0.25) is 0 Å². The molecule has 0 saturated carbocycles. The zero-order chi connectivity index (χ0) is 18.8. The van der Waals surface area contributed by atoms with Crippen LogP contribution >= 0.6 is 0 Å². The second-order valence-corrected chi connectivity index (χ2v) is 7.15. The average molecular weight is 349 g/mol. The molecule has 0 fully saturated rings. The fraction of sp³-hybridized carbons (Fsp3) is 0.333. The molecule has 0 heterocycles. The van der Waals surface area contributed by atoms with Gasteiger partial charge in [-0.3, -0.25) is 0 Å². The molecular formula is C24H32N2. The third kappa shape index (κ3) is 7.38. The summed E-state index contributed by atoms with van der Waals surface area (Å²) in [5, 5.41) is 0. The summed E-state index contributed by atoms with van der Waals surface area (Å²) < 4.78 is 0. The Hall–Kier alpha value is -2.16. The highest BCUT2D eigenvalue weighted by atomic mass is 15.1. The van der Waals surface area contributed by atoms with Crippen molar-refractivity contribution in [3.63, 3.8) is 0 Å². The number of rotatable bonds is 11. The molecule has 0 aromatic heterocycles. The van der Waals surface area contributed by atoms with Gasteiger partial charge in [-0.1, -0.05) is 85.0 Å². The van der Waals surface area contributed by atoms with Crippen molar-refractivity contribution in [3.05, 3.63) is 96.1 Å². The van der Waals surface area contributed by atoms with Gasteiger partial charge in [-0.25, -0.2) is 0 Å². The highest BCUT2D eigenvalue weighted by Crippen LogP contribution is 2.16. The highest BCUT2D eigenvalue weighted by Gasteiger charge is 2.06. The first-order chi connectivity index (χ1) is 12.5. The van der Waals surface area contributed by atoms with Crippen LogP contribution in [0.4, 0.5) is 0 Å². The third-order valence-corrected chi connectivity index (χ3v) is 4.68. The van der Waals surface area contributed by atoms with Crippen LogP contribution in [0.2, 0.25) is 0 Å². The minimum atomic E-state index is 0.973. The van der Waals surface area contributed by atoms with Gasteiger partial charge in [0, 0.05) is 26.2 Å². The van der Waals surface area contributed by atoms with Crippen LogP contribution in [0.15, 0.2) is 85.0 Å². The van der Waals surface area contributed by atoms with Gasteiger partial charge in [0.25, 0.3) is 0 Å². The largest absolute Gasteiger partial charge is 0.302 e. The maximum Gasteiger partial charge on any atom is 0.0230 e. The van der Waals surface area contributed by atoms with E-state index in [2.05, 4.69) is 97.7 Å². The highest BCUT2D eigenvalue weighted by molar-refractivity contribution is 5.25. The second-order valence-electron chi connectivity index (χ2n) is 7.15. The molecule has 0 aliphatic carbocycles. The average Bonchev–Trinajstić information content (AvgIpc) is 2.65. The Morgan fingerprint density at radius 2 is 1.00 bits per heavy atom. The topological polar surface area (TPSA) is 6.48 Å². The molecule has 2 nitrogen and oxygen atoms in total. The van der Waals surface area contributed by atoms with Gasteiger partial charge in [-0.15, -0.1) is 0 Å². The quantitative estimate of drug-likeness (QED) is 0.519. The smallest absolute Gasteiger partial charge is 0.0230 e. The van der Waals surface area contributed by atoms with Crippen LogP contribution in [0, 0.1) is 0 Å². The summed E-state index contributed by atoms with van der Waals surface area (Å²) in [5.41, 5.74) is 5.06. The lowest BCUT2D eigenvalue weighted by Gasteiger charge is -2.20. The summed E-state index contributed by atoms with van der Waals surface area (Å²) in [7, 11) is 4.33. The van der Waals surface area contributed by atoms with Gasteiger partial charge in [0.1, 0.15) is 0 Å². The Balaban J connectivity index is 1.66. The molecule has 2 rings (SSSR count). The van der Waals surface area contributed by atoms with E-state index >= 15 is 0 Å². The summed E-state index contributed by atoms with van der Waals surface area (Å²) >= 11 is 0. The molecule has 0 radical (unpaired) electrons. The molecule has 0 amide bonds. The number of hydrogen-bond donors (Lipinski definition) is 0. The van der Waals surface area contributed by atoms with E-state index in [0.29, 0.717) is 0 Å². The minimum Gasteiger partial charge on any atom is -0.302 e. The molecule has 0 N–H and O–H groups in total. The summed E-state index contributed by atoms with van der Waals surface area (Å²) in [6.07, 6.45) is 1.95. The monoisotopic (exact) mass is 348 g/mol. The molecule has 0 aliphatic rings. The van der Waals surface area contributed by atoms with Crippen LogP contribution in [-0.4, -0.2) is 37.0 Å². The van der Waals surface area contributed by atoms with Crippen molar-refractivity contribution in [2.45, 2.75) is 25.9 Å². The van der Waals surface area contributed by atoms with Crippen molar-refractivity contribution < 1.29 is 0 Å². The number of nitrogens with zero attached hydrogens (tertiary/aromatic N) is 2. The van der Waals surface area contributed by atoms with Gasteiger partial charge in [0.05, 0.1) is 0 Å². The van der Waals surface area contributed by atoms with Crippen LogP contribution in [0.5, 0.6) is 0 Å². The Kier molecular flexibility index (Phi) is 8.33. The first-order valence-corrected chi connectivity index (χ1v) is 9.35.